The summed E-state index contributed by atoms with van der Waals surface area (Å²) in [5, 5.41) is 2.05. The van der Waals surface area contributed by atoms with E-state index in [9.17, 15) is 4.39 Å². The largest absolute Gasteiger partial charge is 0.369 e. The molecule has 0 spiro atoms. The molecule has 2 aromatic rings. The molecule has 1 aromatic heterocycles. The van der Waals surface area contributed by atoms with Crippen LogP contribution in [0.15, 0.2) is 34.1 Å². The number of thiophene rings is 1. The van der Waals surface area contributed by atoms with E-state index >= 15 is 0 Å². The summed E-state index contributed by atoms with van der Waals surface area (Å²) in [4.78, 5) is 3.28. The summed E-state index contributed by atoms with van der Waals surface area (Å²) in [6.45, 7) is 1.30. The molecule has 19 heavy (non-hydrogen) atoms. The van der Waals surface area contributed by atoms with Crippen LogP contribution < -0.4 is 10.6 Å². The molecule has 5 heteroatoms. The van der Waals surface area contributed by atoms with Crippen LogP contribution >= 0.6 is 27.3 Å². The number of hydrogen-bond acceptors (Lipinski definition) is 3. The fourth-order valence-corrected chi connectivity index (χ4v) is 3.43. The van der Waals surface area contributed by atoms with Crippen molar-refractivity contribution in [3.05, 3.63) is 50.4 Å². The second-order valence-electron chi connectivity index (χ2n) is 4.44. The number of hydrogen-bond donors (Lipinski definition) is 1. The van der Waals surface area contributed by atoms with Crippen LogP contribution in [0, 0.1) is 5.82 Å². The molecular formula is C14H16BrFN2S. The zero-order valence-corrected chi connectivity index (χ0v) is 13.1. The van der Waals surface area contributed by atoms with E-state index in [-0.39, 0.29) is 5.82 Å². The zero-order valence-electron chi connectivity index (χ0n) is 10.7. The first kappa shape index (κ1) is 14.5. The third-order valence-electron chi connectivity index (χ3n) is 2.83. The van der Waals surface area contributed by atoms with Gasteiger partial charge in [-0.1, -0.05) is 0 Å². The lowest BCUT2D eigenvalue weighted by Crippen LogP contribution is -2.16. The number of halogens is 2. The molecule has 0 unspecified atom stereocenters. The van der Waals surface area contributed by atoms with Crippen molar-refractivity contribution in [3.63, 3.8) is 0 Å². The minimum Gasteiger partial charge on any atom is -0.369 e. The van der Waals surface area contributed by atoms with E-state index in [2.05, 4.69) is 27.4 Å². The first-order valence-electron chi connectivity index (χ1n) is 6.02. The fourth-order valence-electron chi connectivity index (χ4n) is 1.93. The maximum atomic E-state index is 13.6. The van der Waals surface area contributed by atoms with E-state index < -0.39 is 0 Å². The van der Waals surface area contributed by atoms with E-state index in [1.807, 2.05) is 18.0 Å². The summed E-state index contributed by atoms with van der Waals surface area (Å²) in [6.07, 6.45) is 0.698. The number of benzene rings is 1. The number of rotatable bonds is 5. The average Bonchev–Trinajstić information content (AvgIpc) is 2.74. The van der Waals surface area contributed by atoms with E-state index in [4.69, 9.17) is 5.73 Å². The Hall–Kier alpha value is -0.910. The van der Waals surface area contributed by atoms with Gasteiger partial charge in [-0.25, -0.2) is 4.39 Å². The first-order valence-corrected chi connectivity index (χ1v) is 7.69. The second kappa shape index (κ2) is 6.50. The van der Waals surface area contributed by atoms with Crippen molar-refractivity contribution in [1.82, 2.24) is 0 Å². The molecule has 2 rings (SSSR count). The third-order valence-corrected chi connectivity index (χ3v) is 4.51. The Morgan fingerprint density at radius 1 is 1.32 bits per heavy atom. The lowest BCUT2D eigenvalue weighted by atomic mass is 10.1. The molecule has 0 aliphatic rings. The van der Waals surface area contributed by atoms with Crippen LogP contribution in [0.25, 0.3) is 0 Å². The normalized spacial score (nSPS) is 10.7. The smallest absolute Gasteiger partial charge is 0.125 e. The average molecular weight is 343 g/mol. The maximum Gasteiger partial charge on any atom is 0.125 e. The first-order chi connectivity index (χ1) is 9.08. The van der Waals surface area contributed by atoms with Gasteiger partial charge in [0.1, 0.15) is 5.82 Å². The minimum absolute atomic E-state index is 0.208. The highest BCUT2D eigenvalue weighted by Crippen LogP contribution is 2.24. The Morgan fingerprint density at radius 2 is 2.11 bits per heavy atom. The molecule has 0 amide bonds. The van der Waals surface area contributed by atoms with Crippen molar-refractivity contribution >= 4 is 33.0 Å². The van der Waals surface area contributed by atoms with E-state index in [0.717, 1.165) is 22.3 Å². The molecule has 0 aliphatic heterocycles. The molecule has 0 saturated carbocycles. The molecular weight excluding hydrogens is 327 g/mol. The molecule has 102 valence electrons. The van der Waals surface area contributed by atoms with Gasteiger partial charge in [-0.2, -0.15) is 0 Å². The van der Waals surface area contributed by atoms with Gasteiger partial charge in [0.15, 0.2) is 0 Å². The van der Waals surface area contributed by atoms with Crippen molar-refractivity contribution in [2.45, 2.75) is 13.0 Å². The molecule has 2 nitrogen and oxygen atoms in total. The molecule has 0 aliphatic carbocycles. The number of anilines is 1. The van der Waals surface area contributed by atoms with E-state index in [0.29, 0.717) is 13.0 Å². The molecule has 0 bridgehead atoms. The lowest BCUT2D eigenvalue weighted by molar-refractivity contribution is 0.624. The monoisotopic (exact) mass is 342 g/mol. The van der Waals surface area contributed by atoms with Crippen molar-refractivity contribution in [3.8, 4) is 0 Å². The predicted molar refractivity (Wildman–Crippen MR) is 83.3 cm³/mol. The Bertz CT molecular complexity index is 556. The van der Waals surface area contributed by atoms with Gasteiger partial charge in [0.05, 0.1) is 6.54 Å². The van der Waals surface area contributed by atoms with Crippen LogP contribution in [-0.4, -0.2) is 13.6 Å². The highest BCUT2D eigenvalue weighted by Gasteiger charge is 2.07. The molecule has 1 heterocycles. The summed E-state index contributed by atoms with van der Waals surface area (Å²) in [5.41, 5.74) is 7.35. The predicted octanol–water partition coefficient (Wildman–Crippen LogP) is 3.79. The van der Waals surface area contributed by atoms with Crippen molar-refractivity contribution in [2.24, 2.45) is 5.73 Å². The number of nitrogens with two attached hydrogens (primary N) is 1. The van der Waals surface area contributed by atoms with Crippen molar-refractivity contribution < 1.29 is 4.39 Å². The number of nitrogens with zero attached hydrogens (tertiary/aromatic N) is 1. The van der Waals surface area contributed by atoms with Crippen LogP contribution in [0.2, 0.25) is 0 Å². The zero-order chi connectivity index (χ0) is 13.8. The highest BCUT2D eigenvalue weighted by atomic mass is 79.9. The summed E-state index contributed by atoms with van der Waals surface area (Å²) in [5.74, 6) is -0.208. The van der Waals surface area contributed by atoms with Crippen LogP contribution in [0.3, 0.4) is 0 Å². The SMILES string of the molecule is CN(Cc1cc(Br)cs1)c1cc(F)cc(CCN)c1. The van der Waals surface area contributed by atoms with Gasteiger partial charge in [-0.05, 0) is 58.7 Å². The van der Waals surface area contributed by atoms with Crippen LogP contribution in [0.1, 0.15) is 10.4 Å². The maximum absolute atomic E-state index is 13.6. The van der Waals surface area contributed by atoms with Gasteiger partial charge in [0.25, 0.3) is 0 Å². The van der Waals surface area contributed by atoms with Crippen molar-refractivity contribution in [1.29, 1.82) is 0 Å². The molecule has 0 radical (unpaired) electrons. The molecule has 1 aromatic carbocycles. The van der Waals surface area contributed by atoms with Crippen LogP contribution in [-0.2, 0) is 13.0 Å². The Labute approximate surface area is 125 Å². The van der Waals surface area contributed by atoms with Gasteiger partial charge in [-0.3, -0.25) is 0 Å². The molecule has 0 fully saturated rings. The molecule has 0 saturated heterocycles. The second-order valence-corrected chi connectivity index (χ2v) is 6.36. The molecule has 0 atom stereocenters. The Kier molecular flexibility index (Phi) is 4.96. The summed E-state index contributed by atoms with van der Waals surface area (Å²) in [7, 11) is 1.97. The summed E-state index contributed by atoms with van der Waals surface area (Å²) < 4.78 is 14.7. The van der Waals surface area contributed by atoms with E-state index in [1.54, 1.807) is 23.5 Å². The fraction of sp³-hybridized carbons (Fsp3) is 0.286. The minimum atomic E-state index is -0.208. The van der Waals surface area contributed by atoms with Gasteiger partial charge in [-0.15, -0.1) is 11.3 Å². The van der Waals surface area contributed by atoms with Gasteiger partial charge >= 0.3 is 0 Å². The quantitative estimate of drug-likeness (QED) is 0.895. The Morgan fingerprint density at radius 3 is 2.74 bits per heavy atom. The van der Waals surface area contributed by atoms with E-state index in [1.165, 1.54) is 4.88 Å². The summed E-state index contributed by atoms with van der Waals surface area (Å²) >= 11 is 5.13. The van der Waals surface area contributed by atoms with Crippen LogP contribution in [0.4, 0.5) is 10.1 Å². The topological polar surface area (TPSA) is 29.3 Å². The van der Waals surface area contributed by atoms with Crippen molar-refractivity contribution in [2.75, 3.05) is 18.5 Å². The standard InChI is InChI=1S/C14H16BrFN2S/c1-18(8-14-6-11(15)9-19-14)13-5-10(2-3-17)4-12(16)7-13/h4-7,9H,2-3,8,17H2,1H3. The highest BCUT2D eigenvalue weighted by molar-refractivity contribution is 9.10. The van der Waals surface area contributed by atoms with Gasteiger partial charge < -0.3 is 10.6 Å². The van der Waals surface area contributed by atoms with Crippen LogP contribution in [0.5, 0.6) is 0 Å². The molecule has 2 N–H and O–H groups in total. The Balaban J connectivity index is 2.15. The lowest BCUT2D eigenvalue weighted by Gasteiger charge is -2.19. The van der Waals surface area contributed by atoms with Gasteiger partial charge in [0, 0.05) is 27.5 Å². The third kappa shape index (κ3) is 4.03. The van der Waals surface area contributed by atoms with Gasteiger partial charge in [0.2, 0.25) is 0 Å². The summed E-state index contributed by atoms with van der Waals surface area (Å²) in [6, 6.07) is 7.19.